The molecule has 0 fully saturated rings. The normalized spacial score (nSPS) is 13.9. The van der Waals surface area contributed by atoms with Crippen molar-refractivity contribution in [1.82, 2.24) is 15.5 Å². The van der Waals surface area contributed by atoms with Gasteiger partial charge in [0, 0.05) is 32.6 Å². The van der Waals surface area contributed by atoms with Crippen molar-refractivity contribution in [3.8, 4) is 0 Å². The molecule has 0 spiro atoms. The van der Waals surface area contributed by atoms with Crippen molar-refractivity contribution in [2.75, 3.05) is 26.2 Å². The average molecular weight is 688 g/mol. The van der Waals surface area contributed by atoms with Crippen molar-refractivity contribution >= 4 is 17.8 Å². The molecule has 1 aliphatic heterocycles. The maximum Gasteiger partial charge on any atom is 0.242 e. The smallest absolute Gasteiger partial charge is 0.242 e. The highest BCUT2D eigenvalue weighted by Crippen LogP contribution is 2.14. The van der Waals surface area contributed by atoms with E-state index < -0.39 is 6.04 Å². The van der Waals surface area contributed by atoms with Crippen LogP contribution in [-0.2, 0) is 9.59 Å². The van der Waals surface area contributed by atoms with E-state index in [4.69, 9.17) is 5.73 Å². The molecule has 7 nitrogen and oxygen atoms in total. The number of unbranched alkanes of at least 4 members (excludes halogenated alkanes) is 24. The SMILES string of the molecule is CCCCCCCC/C=C\CCCCCCCC(=O)N[C@@H](CCN1CCCN=C1N)C(=O)NCCCCCCCCCCCCCCCC. The lowest BCUT2D eigenvalue weighted by molar-refractivity contribution is -0.129. The molecule has 0 aliphatic carbocycles. The largest absolute Gasteiger partial charge is 0.370 e. The van der Waals surface area contributed by atoms with Gasteiger partial charge in [-0.2, -0.15) is 0 Å². The van der Waals surface area contributed by atoms with E-state index in [1.54, 1.807) is 0 Å². The Hall–Kier alpha value is -2.05. The van der Waals surface area contributed by atoms with E-state index in [1.165, 1.54) is 141 Å². The number of hydrogen-bond acceptors (Lipinski definition) is 5. The van der Waals surface area contributed by atoms with Gasteiger partial charge in [0.1, 0.15) is 6.04 Å². The number of nitrogens with zero attached hydrogens (tertiary/aromatic N) is 2. The van der Waals surface area contributed by atoms with Crippen LogP contribution in [0.5, 0.6) is 0 Å². The van der Waals surface area contributed by atoms with Crippen molar-refractivity contribution in [2.45, 2.75) is 213 Å². The number of allylic oxidation sites excluding steroid dienone is 2. The van der Waals surface area contributed by atoms with Gasteiger partial charge in [-0.1, -0.05) is 161 Å². The Labute approximate surface area is 303 Å². The summed E-state index contributed by atoms with van der Waals surface area (Å²) >= 11 is 0. The predicted molar refractivity (Wildman–Crippen MR) is 212 cm³/mol. The minimum atomic E-state index is -0.531. The summed E-state index contributed by atoms with van der Waals surface area (Å²) < 4.78 is 0. The molecule has 0 aromatic carbocycles. The first-order valence-corrected chi connectivity index (χ1v) is 21.3. The Morgan fingerprint density at radius 1 is 0.694 bits per heavy atom. The Balaban J connectivity index is 2.20. The third-order valence-corrected chi connectivity index (χ3v) is 10.0. The zero-order valence-electron chi connectivity index (χ0n) is 32.6. The van der Waals surface area contributed by atoms with E-state index in [1.807, 2.05) is 4.90 Å². The van der Waals surface area contributed by atoms with Crippen LogP contribution >= 0.6 is 0 Å². The molecule has 49 heavy (non-hydrogen) atoms. The summed E-state index contributed by atoms with van der Waals surface area (Å²) in [7, 11) is 0. The molecule has 1 atom stereocenters. The standard InChI is InChI=1S/C42H81N5O2/c1-3-5-7-9-11-13-15-17-19-20-22-24-26-28-30-33-40(48)46-39(34-38-47-37-32-36-45-42(47)43)41(49)44-35-31-29-27-25-23-21-18-16-14-12-10-8-6-4-2/h17,19,39H,3-16,18,20-38H2,1-2H3,(H2,43,45)(H,44,49)(H,46,48)/b19-17-/t39-/m0/s1. The lowest BCUT2D eigenvalue weighted by Gasteiger charge is -2.28. The third-order valence-electron chi connectivity index (χ3n) is 10.0. The second-order valence-electron chi connectivity index (χ2n) is 14.7. The van der Waals surface area contributed by atoms with E-state index in [-0.39, 0.29) is 11.8 Å². The van der Waals surface area contributed by atoms with Crippen molar-refractivity contribution in [2.24, 2.45) is 10.7 Å². The van der Waals surface area contributed by atoms with Crippen molar-refractivity contribution < 1.29 is 9.59 Å². The number of nitrogens with one attached hydrogen (secondary N) is 2. The van der Waals surface area contributed by atoms with Crippen molar-refractivity contribution in [3.63, 3.8) is 0 Å². The van der Waals surface area contributed by atoms with Crippen LogP contribution in [0.1, 0.15) is 206 Å². The minimum absolute atomic E-state index is 0.0189. The van der Waals surface area contributed by atoms with Gasteiger partial charge in [0.15, 0.2) is 5.96 Å². The monoisotopic (exact) mass is 688 g/mol. The molecule has 0 saturated heterocycles. The molecule has 7 heteroatoms. The number of rotatable bonds is 35. The van der Waals surface area contributed by atoms with Gasteiger partial charge in [-0.15, -0.1) is 0 Å². The number of hydrogen-bond donors (Lipinski definition) is 3. The molecule has 4 N–H and O–H groups in total. The topological polar surface area (TPSA) is 99.8 Å². The fraction of sp³-hybridized carbons (Fsp3) is 0.881. The molecular formula is C42H81N5O2. The minimum Gasteiger partial charge on any atom is -0.370 e. The highest BCUT2D eigenvalue weighted by atomic mass is 16.2. The van der Waals surface area contributed by atoms with Gasteiger partial charge in [0.05, 0.1) is 0 Å². The number of carbonyl (C=O) groups is 2. The Morgan fingerprint density at radius 3 is 1.67 bits per heavy atom. The highest BCUT2D eigenvalue weighted by Gasteiger charge is 2.22. The van der Waals surface area contributed by atoms with Crippen LogP contribution in [0, 0.1) is 0 Å². The average Bonchev–Trinajstić information content (AvgIpc) is 3.10. The first kappa shape index (κ1) is 45.0. The summed E-state index contributed by atoms with van der Waals surface area (Å²) in [5, 5.41) is 6.17. The second-order valence-corrected chi connectivity index (χ2v) is 14.7. The fourth-order valence-electron chi connectivity index (χ4n) is 6.73. The molecule has 2 amide bonds. The highest BCUT2D eigenvalue weighted by molar-refractivity contribution is 5.87. The summed E-state index contributed by atoms with van der Waals surface area (Å²) in [6, 6.07) is -0.531. The van der Waals surface area contributed by atoms with Gasteiger partial charge in [-0.05, 0) is 51.4 Å². The van der Waals surface area contributed by atoms with Gasteiger partial charge < -0.3 is 21.3 Å². The summed E-state index contributed by atoms with van der Waals surface area (Å²) in [5.41, 5.74) is 6.10. The molecular weight excluding hydrogens is 606 g/mol. The zero-order chi connectivity index (χ0) is 35.5. The maximum absolute atomic E-state index is 13.2. The van der Waals surface area contributed by atoms with Crippen LogP contribution < -0.4 is 16.4 Å². The molecule has 0 radical (unpaired) electrons. The van der Waals surface area contributed by atoms with Gasteiger partial charge in [0.2, 0.25) is 11.8 Å². The lowest BCUT2D eigenvalue weighted by atomic mass is 10.0. The number of aliphatic imine (C=N–C) groups is 1. The second kappa shape index (κ2) is 34.4. The first-order chi connectivity index (χ1) is 24.1. The fourth-order valence-corrected chi connectivity index (χ4v) is 6.73. The summed E-state index contributed by atoms with van der Waals surface area (Å²) in [4.78, 5) is 32.4. The van der Waals surface area contributed by atoms with E-state index >= 15 is 0 Å². The molecule has 1 heterocycles. The van der Waals surface area contributed by atoms with E-state index in [9.17, 15) is 9.59 Å². The summed E-state index contributed by atoms with van der Waals surface area (Å²) in [5.74, 6) is 0.460. The first-order valence-electron chi connectivity index (χ1n) is 21.3. The predicted octanol–water partition coefficient (Wildman–Crippen LogP) is 10.5. The van der Waals surface area contributed by atoms with Crippen LogP contribution in [0.4, 0.5) is 0 Å². The Morgan fingerprint density at radius 2 is 1.16 bits per heavy atom. The van der Waals surface area contributed by atoms with Crippen LogP contribution in [0.2, 0.25) is 0 Å². The Kier molecular flexibility index (Phi) is 31.6. The lowest BCUT2D eigenvalue weighted by Crippen LogP contribution is -2.50. The van der Waals surface area contributed by atoms with Crippen molar-refractivity contribution in [3.05, 3.63) is 12.2 Å². The van der Waals surface area contributed by atoms with Crippen LogP contribution in [0.3, 0.4) is 0 Å². The van der Waals surface area contributed by atoms with Gasteiger partial charge >= 0.3 is 0 Å². The molecule has 1 aliphatic rings. The molecule has 0 bridgehead atoms. The zero-order valence-corrected chi connectivity index (χ0v) is 32.6. The molecule has 0 unspecified atom stereocenters. The van der Waals surface area contributed by atoms with E-state index in [0.717, 1.165) is 51.6 Å². The molecule has 0 saturated carbocycles. The molecule has 286 valence electrons. The quantitative estimate of drug-likeness (QED) is 0.0456. The van der Waals surface area contributed by atoms with Crippen LogP contribution in [-0.4, -0.2) is 54.9 Å². The number of amides is 2. The summed E-state index contributed by atoms with van der Waals surface area (Å²) in [6.45, 7) is 7.46. The number of carbonyl (C=O) groups excluding carboxylic acids is 2. The summed E-state index contributed by atoms with van der Waals surface area (Å²) in [6.07, 6.45) is 41.3. The van der Waals surface area contributed by atoms with Gasteiger partial charge in [-0.3, -0.25) is 14.6 Å². The molecule has 0 aromatic heterocycles. The third kappa shape index (κ3) is 28.4. The van der Waals surface area contributed by atoms with Crippen molar-refractivity contribution in [1.29, 1.82) is 0 Å². The van der Waals surface area contributed by atoms with E-state index in [2.05, 4.69) is 41.6 Å². The number of nitrogens with two attached hydrogens (primary N) is 1. The van der Waals surface area contributed by atoms with Crippen LogP contribution in [0.15, 0.2) is 17.1 Å². The molecule has 0 aromatic rings. The van der Waals surface area contributed by atoms with Gasteiger partial charge in [0.25, 0.3) is 0 Å². The van der Waals surface area contributed by atoms with Crippen LogP contribution in [0.25, 0.3) is 0 Å². The molecule has 1 rings (SSSR count). The van der Waals surface area contributed by atoms with Gasteiger partial charge in [-0.25, -0.2) is 0 Å². The number of guanidine groups is 1. The maximum atomic E-state index is 13.2. The van der Waals surface area contributed by atoms with E-state index in [0.29, 0.717) is 31.9 Å². The Bertz CT molecular complexity index is 830.